The SMILES string of the molecule is COC(=O)Cc1cn2c(Cl)cc(I)cc2n1. The molecular formula is C10H8ClIN2O2. The highest BCUT2D eigenvalue weighted by molar-refractivity contribution is 14.1. The van der Waals surface area contributed by atoms with Gasteiger partial charge in [0.05, 0.1) is 19.2 Å². The van der Waals surface area contributed by atoms with Crippen LogP contribution in [0.1, 0.15) is 5.69 Å². The van der Waals surface area contributed by atoms with Crippen molar-refractivity contribution in [2.24, 2.45) is 0 Å². The normalized spacial score (nSPS) is 10.7. The average molecular weight is 351 g/mol. The third-order valence-electron chi connectivity index (χ3n) is 2.09. The zero-order valence-electron chi connectivity index (χ0n) is 8.41. The van der Waals surface area contributed by atoms with E-state index in [-0.39, 0.29) is 12.4 Å². The van der Waals surface area contributed by atoms with Crippen molar-refractivity contribution < 1.29 is 9.53 Å². The molecule has 6 heteroatoms. The van der Waals surface area contributed by atoms with Gasteiger partial charge in [0.1, 0.15) is 10.8 Å². The van der Waals surface area contributed by atoms with Crippen molar-refractivity contribution in [2.45, 2.75) is 6.42 Å². The van der Waals surface area contributed by atoms with Gasteiger partial charge in [-0.15, -0.1) is 0 Å². The maximum absolute atomic E-state index is 11.1. The highest BCUT2D eigenvalue weighted by Crippen LogP contribution is 2.18. The number of carbonyl (C=O) groups excluding carboxylic acids is 1. The molecule has 0 N–H and O–H groups in total. The minimum atomic E-state index is -0.311. The first kappa shape index (κ1) is 11.7. The molecule has 2 heterocycles. The molecule has 0 saturated heterocycles. The number of rotatable bonds is 2. The lowest BCUT2D eigenvalue weighted by molar-refractivity contribution is -0.139. The third kappa shape index (κ3) is 2.30. The molecule has 0 aliphatic carbocycles. The average Bonchev–Trinajstić information content (AvgIpc) is 2.60. The van der Waals surface area contributed by atoms with E-state index in [1.54, 1.807) is 10.6 Å². The standard InChI is InChI=1S/C10H8ClIN2O2/c1-16-10(15)4-7-5-14-8(11)2-6(12)3-9(14)13-7/h2-3,5H,4H2,1H3. The summed E-state index contributed by atoms with van der Waals surface area (Å²) in [7, 11) is 1.36. The van der Waals surface area contributed by atoms with Gasteiger partial charge in [0, 0.05) is 9.77 Å². The molecule has 0 radical (unpaired) electrons. The number of fused-ring (bicyclic) bond motifs is 1. The van der Waals surface area contributed by atoms with E-state index in [4.69, 9.17) is 11.6 Å². The summed E-state index contributed by atoms with van der Waals surface area (Å²) < 4.78 is 7.32. The Bertz CT molecular complexity index is 553. The maximum Gasteiger partial charge on any atom is 0.311 e. The lowest BCUT2D eigenvalue weighted by Crippen LogP contribution is -2.04. The number of pyridine rings is 1. The van der Waals surface area contributed by atoms with Crippen LogP contribution in [0.5, 0.6) is 0 Å². The Morgan fingerprint density at radius 3 is 3.06 bits per heavy atom. The number of nitrogens with zero attached hydrogens (tertiary/aromatic N) is 2. The van der Waals surface area contributed by atoms with Crippen LogP contribution in [0.4, 0.5) is 0 Å². The Morgan fingerprint density at radius 1 is 1.62 bits per heavy atom. The summed E-state index contributed by atoms with van der Waals surface area (Å²) in [6.45, 7) is 0. The second kappa shape index (κ2) is 4.58. The van der Waals surface area contributed by atoms with Crippen LogP contribution in [0.15, 0.2) is 18.3 Å². The van der Waals surface area contributed by atoms with E-state index in [1.807, 2.05) is 12.1 Å². The predicted molar refractivity (Wildman–Crippen MR) is 68.6 cm³/mol. The van der Waals surface area contributed by atoms with Crippen LogP contribution < -0.4 is 0 Å². The fourth-order valence-corrected chi connectivity index (χ4v) is 2.38. The topological polar surface area (TPSA) is 43.6 Å². The molecule has 0 spiro atoms. The molecule has 0 fully saturated rings. The van der Waals surface area contributed by atoms with Crippen LogP contribution in [0.3, 0.4) is 0 Å². The van der Waals surface area contributed by atoms with Gasteiger partial charge in [-0.3, -0.25) is 9.20 Å². The number of esters is 1. The first-order valence-corrected chi connectivity index (χ1v) is 5.95. The summed E-state index contributed by atoms with van der Waals surface area (Å²) in [6, 6.07) is 3.73. The quantitative estimate of drug-likeness (QED) is 0.474. The molecule has 2 rings (SSSR count). The lowest BCUT2D eigenvalue weighted by Gasteiger charge is -1.97. The van der Waals surface area contributed by atoms with Crippen molar-refractivity contribution in [3.63, 3.8) is 0 Å². The molecule has 0 unspecified atom stereocenters. The van der Waals surface area contributed by atoms with Crippen molar-refractivity contribution in [1.29, 1.82) is 0 Å². The van der Waals surface area contributed by atoms with Gasteiger partial charge in [0.15, 0.2) is 0 Å². The highest BCUT2D eigenvalue weighted by Gasteiger charge is 2.09. The van der Waals surface area contributed by atoms with Crippen LogP contribution in [-0.4, -0.2) is 22.5 Å². The van der Waals surface area contributed by atoms with E-state index in [1.165, 1.54) is 7.11 Å². The molecule has 0 atom stereocenters. The van der Waals surface area contributed by atoms with E-state index >= 15 is 0 Å². The molecule has 0 bridgehead atoms. The first-order chi connectivity index (χ1) is 7.60. The number of carbonyl (C=O) groups is 1. The molecule has 2 aromatic heterocycles. The van der Waals surface area contributed by atoms with E-state index in [2.05, 4.69) is 32.3 Å². The van der Waals surface area contributed by atoms with Crippen molar-refractivity contribution in [1.82, 2.24) is 9.38 Å². The summed E-state index contributed by atoms with van der Waals surface area (Å²) >= 11 is 8.21. The van der Waals surface area contributed by atoms with Crippen LogP contribution in [0, 0.1) is 3.57 Å². The van der Waals surface area contributed by atoms with E-state index in [0.29, 0.717) is 10.8 Å². The molecule has 4 nitrogen and oxygen atoms in total. The summed E-state index contributed by atoms with van der Waals surface area (Å²) in [4.78, 5) is 15.4. The van der Waals surface area contributed by atoms with Gasteiger partial charge in [-0.25, -0.2) is 4.98 Å². The zero-order valence-corrected chi connectivity index (χ0v) is 11.3. The van der Waals surface area contributed by atoms with E-state index < -0.39 is 0 Å². The van der Waals surface area contributed by atoms with Gasteiger partial charge in [0.25, 0.3) is 0 Å². The van der Waals surface area contributed by atoms with Crippen LogP contribution in [-0.2, 0) is 16.0 Å². The fourth-order valence-electron chi connectivity index (χ4n) is 1.37. The molecule has 0 aliphatic heterocycles. The van der Waals surface area contributed by atoms with E-state index in [9.17, 15) is 4.79 Å². The Morgan fingerprint density at radius 2 is 2.38 bits per heavy atom. The summed E-state index contributed by atoms with van der Waals surface area (Å²) in [5.41, 5.74) is 1.38. The smallest absolute Gasteiger partial charge is 0.311 e. The third-order valence-corrected chi connectivity index (χ3v) is 3.00. The van der Waals surface area contributed by atoms with Crippen molar-refractivity contribution in [3.8, 4) is 0 Å². The van der Waals surface area contributed by atoms with Crippen molar-refractivity contribution in [2.75, 3.05) is 7.11 Å². The molecule has 0 aliphatic rings. The van der Waals surface area contributed by atoms with Gasteiger partial charge in [0.2, 0.25) is 0 Å². The zero-order chi connectivity index (χ0) is 11.7. The maximum atomic E-state index is 11.1. The predicted octanol–water partition coefficient (Wildman–Crippen LogP) is 2.31. The van der Waals surface area contributed by atoms with Crippen LogP contribution >= 0.6 is 34.2 Å². The second-order valence-electron chi connectivity index (χ2n) is 3.21. The minimum absolute atomic E-state index is 0.158. The van der Waals surface area contributed by atoms with E-state index in [0.717, 1.165) is 9.22 Å². The number of methoxy groups -OCH3 is 1. The number of hydrogen-bond acceptors (Lipinski definition) is 3. The molecule has 0 saturated carbocycles. The number of aromatic nitrogens is 2. The van der Waals surface area contributed by atoms with Gasteiger partial charge in [-0.1, -0.05) is 11.6 Å². The summed E-state index contributed by atoms with van der Waals surface area (Å²) in [5.74, 6) is -0.311. The molecule has 0 aromatic carbocycles. The molecule has 2 aromatic rings. The summed E-state index contributed by atoms with van der Waals surface area (Å²) in [5, 5.41) is 0.575. The van der Waals surface area contributed by atoms with Crippen LogP contribution in [0.2, 0.25) is 5.15 Å². The lowest BCUT2D eigenvalue weighted by atomic mass is 10.3. The van der Waals surface area contributed by atoms with Crippen LogP contribution in [0.25, 0.3) is 5.65 Å². The fraction of sp³-hybridized carbons (Fsp3) is 0.200. The Kier molecular flexibility index (Phi) is 3.34. The highest BCUT2D eigenvalue weighted by atomic mass is 127. The summed E-state index contributed by atoms with van der Waals surface area (Å²) in [6.07, 6.45) is 1.90. The molecule has 0 amide bonds. The van der Waals surface area contributed by atoms with Crippen molar-refractivity contribution >= 4 is 45.8 Å². The Hall–Kier alpha value is -0.820. The number of halogens is 2. The molecular weight excluding hydrogens is 342 g/mol. The molecule has 16 heavy (non-hydrogen) atoms. The number of imidazole rings is 1. The van der Waals surface area contributed by atoms with Gasteiger partial charge >= 0.3 is 5.97 Å². The number of hydrogen-bond donors (Lipinski definition) is 0. The Balaban J connectivity index is 2.44. The Labute approximate surface area is 111 Å². The minimum Gasteiger partial charge on any atom is -0.469 e. The monoisotopic (exact) mass is 350 g/mol. The second-order valence-corrected chi connectivity index (χ2v) is 4.84. The van der Waals surface area contributed by atoms with Gasteiger partial charge in [-0.05, 0) is 34.7 Å². The number of ether oxygens (including phenoxy) is 1. The van der Waals surface area contributed by atoms with Crippen molar-refractivity contribution in [3.05, 3.63) is 32.7 Å². The first-order valence-electron chi connectivity index (χ1n) is 4.50. The molecule has 84 valence electrons. The largest absolute Gasteiger partial charge is 0.469 e. The van der Waals surface area contributed by atoms with Gasteiger partial charge < -0.3 is 4.74 Å². The van der Waals surface area contributed by atoms with Gasteiger partial charge in [-0.2, -0.15) is 0 Å².